The number of hydrogen-bond acceptors (Lipinski definition) is 3. The van der Waals surface area contributed by atoms with Gasteiger partial charge in [0, 0.05) is 69.6 Å². The van der Waals surface area contributed by atoms with Gasteiger partial charge in [0.25, 0.3) is 5.56 Å². The normalized spacial score (nSPS) is 10.7. The topological polar surface area (TPSA) is 67.2 Å². The Morgan fingerprint density at radius 1 is 1.07 bits per heavy atom. The summed E-state index contributed by atoms with van der Waals surface area (Å²) >= 11 is 0. The minimum atomic E-state index is -0.741. The van der Waals surface area contributed by atoms with Crippen molar-refractivity contribution >= 4 is 41.5 Å². The molecule has 135 valence electrons. The maximum atomic E-state index is 14.3. The summed E-state index contributed by atoms with van der Waals surface area (Å²) in [5.74, 6) is -1.43. The standard InChI is InChI=1S/C20H13F2N3O2.Na/c1-11-19(15-7-6-14(21)8-16(15)22)20-23-17(9-18(27)25(20)24-11)13-4-2-12(10-26)3-5-13;/h2-10,24H,1H3;. The summed E-state index contributed by atoms with van der Waals surface area (Å²) in [7, 11) is 0. The number of hydrogen-bond donors (Lipinski definition) is 1. The average Bonchev–Trinajstić information content (AvgIpc) is 2.98. The number of halogens is 2. The smallest absolute Gasteiger partial charge is 0.273 e. The molecule has 0 aliphatic heterocycles. The zero-order valence-corrected chi connectivity index (χ0v) is 17.2. The molecule has 0 atom stereocenters. The minimum absolute atomic E-state index is 0. The molecular formula is C20H13F2N3NaO2. The van der Waals surface area contributed by atoms with Crippen LogP contribution in [0.3, 0.4) is 0 Å². The van der Waals surface area contributed by atoms with E-state index in [9.17, 15) is 18.4 Å². The first kappa shape index (κ1) is 20.1. The molecule has 0 aliphatic rings. The van der Waals surface area contributed by atoms with E-state index in [1.54, 1.807) is 31.2 Å². The Hall–Kier alpha value is -2.61. The molecule has 1 N–H and O–H groups in total. The van der Waals surface area contributed by atoms with E-state index in [0.717, 1.165) is 18.4 Å². The number of nitrogens with zero attached hydrogens (tertiary/aromatic N) is 2. The molecule has 5 nitrogen and oxygen atoms in total. The van der Waals surface area contributed by atoms with Gasteiger partial charge in [-0.05, 0) is 19.1 Å². The van der Waals surface area contributed by atoms with Gasteiger partial charge in [-0.3, -0.25) is 14.7 Å². The number of aldehydes is 1. The fourth-order valence-electron chi connectivity index (χ4n) is 3.04. The van der Waals surface area contributed by atoms with E-state index >= 15 is 0 Å². The van der Waals surface area contributed by atoms with Crippen LogP contribution in [0.15, 0.2) is 53.3 Å². The Morgan fingerprint density at radius 2 is 1.79 bits per heavy atom. The predicted molar refractivity (Wildman–Crippen MR) is 102 cm³/mol. The van der Waals surface area contributed by atoms with Crippen molar-refractivity contribution in [3.63, 3.8) is 0 Å². The van der Waals surface area contributed by atoms with Crippen LogP contribution in [-0.2, 0) is 0 Å². The molecule has 8 heteroatoms. The Kier molecular flexibility index (Phi) is 5.60. The molecule has 4 rings (SSSR count). The fraction of sp³-hybridized carbons (Fsp3) is 0.0500. The molecule has 0 amide bonds. The van der Waals surface area contributed by atoms with Crippen LogP contribution in [0.4, 0.5) is 8.78 Å². The number of fused-ring (bicyclic) bond motifs is 1. The van der Waals surface area contributed by atoms with Gasteiger partial charge >= 0.3 is 0 Å². The second kappa shape index (κ2) is 7.79. The molecule has 1 radical (unpaired) electrons. The van der Waals surface area contributed by atoms with Gasteiger partial charge in [-0.1, -0.05) is 24.3 Å². The predicted octanol–water partition coefficient (Wildman–Crippen LogP) is 3.37. The number of nitrogens with one attached hydrogen (secondary N) is 1. The summed E-state index contributed by atoms with van der Waals surface area (Å²) in [5, 5.41) is 2.87. The molecular weight excluding hydrogens is 375 g/mol. The third-order valence-electron chi connectivity index (χ3n) is 4.34. The summed E-state index contributed by atoms with van der Waals surface area (Å²) in [5.41, 5.74) is 2.46. The molecule has 0 spiro atoms. The van der Waals surface area contributed by atoms with E-state index in [4.69, 9.17) is 0 Å². The summed E-state index contributed by atoms with van der Waals surface area (Å²) in [6, 6.07) is 11.2. The van der Waals surface area contributed by atoms with E-state index in [1.807, 2.05) is 0 Å². The molecule has 0 aliphatic carbocycles. The van der Waals surface area contributed by atoms with Gasteiger partial charge in [0.15, 0.2) is 5.65 Å². The van der Waals surface area contributed by atoms with Crippen molar-refractivity contribution < 1.29 is 13.6 Å². The third-order valence-corrected chi connectivity index (χ3v) is 4.34. The average molecular weight is 388 g/mol. The van der Waals surface area contributed by atoms with Crippen molar-refractivity contribution in [2.45, 2.75) is 6.92 Å². The van der Waals surface area contributed by atoms with Crippen molar-refractivity contribution in [1.29, 1.82) is 0 Å². The Labute approximate surface area is 180 Å². The first-order chi connectivity index (χ1) is 13.0. The molecule has 0 bridgehead atoms. The Morgan fingerprint density at radius 3 is 2.43 bits per heavy atom. The third kappa shape index (κ3) is 3.44. The van der Waals surface area contributed by atoms with Crippen LogP contribution in [0.1, 0.15) is 16.1 Å². The first-order valence-corrected chi connectivity index (χ1v) is 8.11. The number of rotatable bonds is 3. The molecule has 4 aromatic rings. The maximum absolute atomic E-state index is 14.3. The first-order valence-electron chi connectivity index (χ1n) is 8.11. The number of H-pyrrole nitrogens is 1. The van der Waals surface area contributed by atoms with Gasteiger partial charge in [-0.15, -0.1) is 0 Å². The Bertz CT molecular complexity index is 1250. The molecule has 2 heterocycles. The Balaban J connectivity index is 0.00000225. The molecule has 0 saturated heterocycles. The van der Waals surface area contributed by atoms with Crippen LogP contribution in [0.25, 0.3) is 28.0 Å². The SMILES string of the molecule is Cc1[nH]n2c(=O)cc(-c3ccc(C=O)cc3)nc2c1-c1ccc(F)cc1F.[Na]. The summed E-state index contributed by atoms with van der Waals surface area (Å²) in [4.78, 5) is 27.8. The van der Waals surface area contributed by atoms with Gasteiger partial charge < -0.3 is 0 Å². The number of aryl methyl sites for hydroxylation is 1. The van der Waals surface area contributed by atoms with Gasteiger partial charge in [-0.2, -0.15) is 0 Å². The number of aromatic nitrogens is 3. The summed E-state index contributed by atoms with van der Waals surface area (Å²) in [6.07, 6.45) is 0.722. The van der Waals surface area contributed by atoms with Crippen molar-refractivity contribution in [2.24, 2.45) is 0 Å². The second-order valence-electron chi connectivity index (χ2n) is 6.11. The number of aromatic amines is 1. The number of carbonyl (C=O) groups is 1. The molecule has 28 heavy (non-hydrogen) atoms. The van der Waals surface area contributed by atoms with E-state index in [-0.39, 0.29) is 46.3 Å². The quantitative estimate of drug-likeness (QED) is 0.432. The summed E-state index contributed by atoms with van der Waals surface area (Å²) < 4.78 is 28.8. The minimum Gasteiger partial charge on any atom is -0.298 e. The van der Waals surface area contributed by atoms with Crippen LogP contribution < -0.4 is 5.56 Å². The van der Waals surface area contributed by atoms with Gasteiger partial charge in [0.1, 0.15) is 17.9 Å². The van der Waals surface area contributed by atoms with Crippen LogP contribution in [0.5, 0.6) is 0 Å². The van der Waals surface area contributed by atoms with Crippen LogP contribution in [0.2, 0.25) is 0 Å². The van der Waals surface area contributed by atoms with E-state index in [1.165, 1.54) is 16.6 Å². The van der Waals surface area contributed by atoms with Crippen molar-refractivity contribution in [3.05, 3.63) is 81.8 Å². The van der Waals surface area contributed by atoms with Gasteiger partial charge in [0.2, 0.25) is 0 Å². The number of carbonyl (C=O) groups excluding carboxylic acids is 1. The fourth-order valence-corrected chi connectivity index (χ4v) is 3.04. The monoisotopic (exact) mass is 388 g/mol. The zero-order chi connectivity index (χ0) is 19.1. The van der Waals surface area contributed by atoms with E-state index in [0.29, 0.717) is 28.1 Å². The van der Waals surface area contributed by atoms with Crippen LogP contribution in [0, 0.1) is 18.6 Å². The second-order valence-corrected chi connectivity index (χ2v) is 6.11. The van der Waals surface area contributed by atoms with E-state index < -0.39 is 11.6 Å². The van der Waals surface area contributed by atoms with E-state index in [2.05, 4.69) is 10.1 Å². The molecule has 0 saturated carbocycles. The molecule has 0 unspecified atom stereocenters. The van der Waals surface area contributed by atoms with Gasteiger partial charge in [0.05, 0.1) is 5.69 Å². The summed E-state index contributed by atoms with van der Waals surface area (Å²) in [6.45, 7) is 1.69. The maximum Gasteiger partial charge on any atom is 0.273 e. The molecule has 2 aromatic carbocycles. The van der Waals surface area contributed by atoms with Crippen molar-refractivity contribution in [1.82, 2.24) is 14.6 Å². The molecule has 2 aromatic heterocycles. The van der Waals surface area contributed by atoms with Gasteiger partial charge in [-0.25, -0.2) is 18.3 Å². The van der Waals surface area contributed by atoms with Crippen LogP contribution >= 0.6 is 0 Å². The molecule has 0 fully saturated rings. The number of benzene rings is 2. The van der Waals surface area contributed by atoms with Crippen molar-refractivity contribution in [2.75, 3.05) is 0 Å². The van der Waals surface area contributed by atoms with Crippen LogP contribution in [-0.4, -0.2) is 50.4 Å². The zero-order valence-electron chi connectivity index (χ0n) is 15.2. The largest absolute Gasteiger partial charge is 0.298 e. The van der Waals surface area contributed by atoms with Crippen molar-refractivity contribution in [3.8, 4) is 22.4 Å².